The van der Waals surface area contributed by atoms with Crippen LogP contribution in [0.4, 0.5) is 10.1 Å². The predicted octanol–water partition coefficient (Wildman–Crippen LogP) is 1.16. The summed E-state index contributed by atoms with van der Waals surface area (Å²) in [6.07, 6.45) is 0.384. The third kappa shape index (κ3) is 3.29. The van der Waals surface area contributed by atoms with Crippen LogP contribution in [-0.4, -0.2) is 6.54 Å². The number of halogens is 1. The van der Waals surface area contributed by atoms with Gasteiger partial charge in [0.15, 0.2) is 0 Å². The lowest BCUT2D eigenvalue weighted by Gasteiger charge is -2.08. The number of hydrogen-bond donors (Lipinski definition) is 2. The first-order chi connectivity index (χ1) is 6.74. The Balaban J connectivity index is 2.50. The average Bonchev–Trinajstić information content (AvgIpc) is 2.18. The highest BCUT2D eigenvalue weighted by Crippen LogP contribution is 2.11. The lowest BCUT2D eigenvalue weighted by Crippen LogP contribution is -2.23. The van der Waals surface area contributed by atoms with Crippen molar-refractivity contribution in [2.75, 3.05) is 12.0 Å². The summed E-state index contributed by atoms with van der Waals surface area (Å²) < 4.78 is 13.1. The number of hydrazine groups is 1. The maximum Gasteiger partial charge on any atom is 0.147 e. The van der Waals surface area contributed by atoms with E-state index in [1.807, 2.05) is 6.07 Å². The van der Waals surface area contributed by atoms with Crippen molar-refractivity contribution in [1.29, 1.82) is 5.26 Å². The van der Waals surface area contributed by atoms with Gasteiger partial charge < -0.3 is 5.43 Å². The Kier molecular flexibility index (Phi) is 4.31. The van der Waals surface area contributed by atoms with Gasteiger partial charge in [-0.1, -0.05) is 6.07 Å². The molecule has 0 radical (unpaired) electrons. The number of nitrogens with zero attached hydrogens (tertiary/aromatic N) is 1. The average molecular weight is 211 g/mol. The fraction of sp³-hybridized carbons (Fsp3) is 0.222. The van der Waals surface area contributed by atoms with Crippen molar-refractivity contribution < 1.29 is 4.39 Å². The van der Waals surface area contributed by atoms with Crippen LogP contribution < -0.4 is 16.2 Å². The van der Waals surface area contributed by atoms with Crippen molar-refractivity contribution in [3.63, 3.8) is 0 Å². The summed E-state index contributed by atoms with van der Waals surface area (Å²) in [6.45, 7) is 0.483. The van der Waals surface area contributed by atoms with Gasteiger partial charge in [0.1, 0.15) is 5.82 Å². The minimum atomic E-state index is -0.319. The van der Waals surface area contributed by atoms with Crippen molar-refractivity contribution >= 4 is 20.2 Å². The van der Waals surface area contributed by atoms with E-state index < -0.39 is 0 Å². The van der Waals surface area contributed by atoms with Crippen molar-refractivity contribution in [2.24, 2.45) is 0 Å². The van der Waals surface area contributed by atoms with E-state index in [2.05, 4.69) is 20.1 Å². The van der Waals surface area contributed by atoms with Crippen LogP contribution in [0.15, 0.2) is 18.2 Å². The van der Waals surface area contributed by atoms with Gasteiger partial charge in [-0.25, -0.2) is 9.82 Å². The molecule has 1 rings (SSSR count). The monoisotopic (exact) mass is 211 g/mol. The van der Waals surface area contributed by atoms with Gasteiger partial charge in [-0.3, -0.25) is 0 Å². The maximum atomic E-state index is 13.1. The molecule has 74 valence electrons. The SMILES string of the molecule is N#CCCNNc1cc(P)ccc1F. The van der Waals surface area contributed by atoms with E-state index in [0.717, 1.165) is 5.30 Å². The summed E-state index contributed by atoms with van der Waals surface area (Å²) in [7, 11) is 2.49. The van der Waals surface area contributed by atoms with Gasteiger partial charge in [0.2, 0.25) is 0 Å². The first-order valence-corrected chi connectivity index (χ1v) is 4.72. The molecule has 0 aliphatic heterocycles. The molecule has 0 bridgehead atoms. The highest BCUT2D eigenvalue weighted by molar-refractivity contribution is 7.27. The zero-order valence-electron chi connectivity index (χ0n) is 7.55. The highest BCUT2D eigenvalue weighted by Gasteiger charge is 1.99. The van der Waals surface area contributed by atoms with Crippen LogP contribution in [-0.2, 0) is 0 Å². The number of nitrogens with one attached hydrogen (secondary N) is 2. The van der Waals surface area contributed by atoms with Gasteiger partial charge in [-0.05, 0) is 17.4 Å². The summed E-state index contributed by atoms with van der Waals surface area (Å²) in [5.74, 6) is -0.319. The molecule has 1 atom stereocenters. The van der Waals surface area contributed by atoms with E-state index in [9.17, 15) is 4.39 Å². The Hall–Kier alpha value is -1.17. The van der Waals surface area contributed by atoms with E-state index in [1.165, 1.54) is 6.07 Å². The second kappa shape index (κ2) is 5.54. The lowest BCUT2D eigenvalue weighted by atomic mass is 10.3. The van der Waals surface area contributed by atoms with E-state index >= 15 is 0 Å². The second-order valence-electron chi connectivity index (χ2n) is 2.70. The maximum absolute atomic E-state index is 13.1. The van der Waals surface area contributed by atoms with Gasteiger partial charge in [-0.15, -0.1) is 9.24 Å². The molecule has 0 aliphatic rings. The Morgan fingerprint density at radius 2 is 2.29 bits per heavy atom. The lowest BCUT2D eigenvalue weighted by molar-refractivity contribution is 0.626. The fourth-order valence-corrected chi connectivity index (χ4v) is 1.18. The minimum absolute atomic E-state index is 0.319. The first-order valence-electron chi connectivity index (χ1n) is 4.15. The number of anilines is 1. The fourth-order valence-electron chi connectivity index (χ4n) is 0.915. The molecule has 0 spiro atoms. The Labute approximate surface area is 84.5 Å². The molecule has 0 aromatic heterocycles. The molecule has 3 nitrogen and oxygen atoms in total. The second-order valence-corrected chi connectivity index (χ2v) is 3.37. The first kappa shape index (κ1) is 10.9. The third-order valence-corrected chi connectivity index (χ3v) is 1.93. The van der Waals surface area contributed by atoms with Crippen molar-refractivity contribution in [3.05, 3.63) is 24.0 Å². The van der Waals surface area contributed by atoms with Crippen LogP contribution in [0.1, 0.15) is 6.42 Å². The zero-order valence-corrected chi connectivity index (χ0v) is 8.70. The van der Waals surface area contributed by atoms with Crippen LogP contribution in [0.2, 0.25) is 0 Å². The summed E-state index contributed by atoms with van der Waals surface area (Å²) in [4.78, 5) is 0. The van der Waals surface area contributed by atoms with Crippen LogP contribution >= 0.6 is 9.24 Å². The molecule has 1 aromatic rings. The molecule has 0 heterocycles. The van der Waals surface area contributed by atoms with Crippen LogP contribution in [0.5, 0.6) is 0 Å². The van der Waals surface area contributed by atoms with Gasteiger partial charge in [0, 0.05) is 13.0 Å². The van der Waals surface area contributed by atoms with Crippen molar-refractivity contribution in [3.8, 4) is 6.07 Å². The van der Waals surface area contributed by atoms with Crippen LogP contribution in [0.25, 0.3) is 0 Å². The summed E-state index contributed by atoms with van der Waals surface area (Å²) >= 11 is 0. The summed E-state index contributed by atoms with van der Waals surface area (Å²) in [5.41, 5.74) is 5.83. The van der Waals surface area contributed by atoms with Gasteiger partial charge in [0.05, 0.1) is 11.8 Å². The van der Waals surface area contributed by atoms with Crippen molar-refractivity contribution in [2.45, 2.75) is 6.42 Å². The standard InChI is InChI=1S/C9H11FN3P/c10-8-3-2-7(14)6-9(8)13-12-5-1-4-11/h2-3,6,12-13H,1,5,14H2. The molecule has 0 amide bonds. The predicted molar refractivity (Wildman–Crippen MR) is 57.6 cm³/mol. The quantitative estimate of drug-likeness (QED) is 0.446. The molecular formula is C9H11FN3P. The molecule has 0 fully saturated rings. The molecular weight excluding hydrogens is 200 g/mol. The molecule has 2 N–H and O–H groups in total. The third-order valence-electron chi connectivity index (χ3n) is 1.58. The number of rotatable bonds is 4. The van der Waals surface area contributed by atoms with Gasteiger partial charge >= 0.3 is 0 Å². The molecule has 14 heavy (non-hydrogen) atoms. The van der Waals surface area contributed by atoms with Crippen LogP contribution in [0.3, 0.4) is 0 Å². The van der Waals surface area contributed by atoms with E-state index in [4.69, 9.17) is 5.26 Å². The minimum Gasteiger partial charge on any atom is -0.319 e. The van der Waals surface area contributed by atoms with Crippen LogP contribution in [0, 0.1) is 17.1 Å². The largest absolute Gasteiger partial charge is 0.319 e. The smallest absolute Gasteiger partial charge is 0.147 e. The number of benzene rings is 1. The Morgan fingerprint density at radius 3 is 3.00 bits per heavy atom. The van der Waals surface area contributed by atoms with Gasteiger partial charge in [0.25, 0.3) is 0 Å². The molecule has 0 saturated heterocycles. The number of hydrogen-bond acceptors (Lipinski definition) is 3. The van der Waals surface area contributed by atoms with Crippen molar-refractivity contribution in [1.82, 2.24) is 5.43 Å². The zero-order chi connectivity index (χ0) is 10.4. The topological polar surface area (TPSA) is 47.9 Å². The van der Waals surface area contributed by atoms with E-state index in [1.54, 1.807) is 12.1 Å². The molecule has 0 aliphatic carbocycles. The molecule has 0 saturated carbocycles. The Bertz CT molecular complexity index is 348. The summed E-state index contributed by atoms with van der Waals surface area (Å²) in [5, 5.41) is 9.17. The summed E-state index contributed by atoms with van der Waals surface area (Å²) in [6, 6.07) is 6.70. The molecule has 1 aromatic carbocycles. The van der Waals surface area contributed by atoms with E-state index in [0.29, 0.717) is 18.7 Å². The van der Waals surface area contributed by atoms with Gasteiger partial charge in [-0.2, -0.15) is 5.26 Å². The normalized spacial score (nSPS) is 9.50. The number of nitriles is 1. The molecule has 5 heteroatoms. The van der Waals surface area contributed by atoms with E-state index in [-0.39, 0.29) is 5.82 Å². The highest BCUT2D eigenvalue weighted by atomic mass is 31.0. The Morgan fingerprint density at radius 1 is 1.50 bits per heavy atom. The molecule has 1 unspecified atom stereocenters.